The highest BCUT2D eigenvalue weighted by atomic mass is 16.9. The third kappa shape index (κ3) is 7.64. The molecule has 0 saturated heterocycles. The van der Waals surface area contributed by atoms with Gasteiger partial charge in [-0.15, -0.1) is 0 Å². The summed E-state index contributed by atoms with van der Waals surface area (Å²) in [5, 5.41) is 0. The van der Waals surface area contributed by atoms with Crippen molar-refractivity contribution in [2.75, 3.05) is 7.11 Å². The van der Waals surface area contributed by atoms with Crippen LogP contribution in [0.3, 0.4) is 0 Å². The zero-order valence-corrected chi connectivity index (χ0v) is 20.7. The SMILES string of the molecule is CCCCCCCCC(OC)(c1ccccc1)C(OC(C)C)(OC(C)C)OC(C)C. The highest BCUT2D eigenvalue weighted by Crippen LogP contribution is 2.47. The van der Waals surface area contributed by atoms with Crippen LogP contribution in [0.5, 0.6) is 0 Å². The van der Waals surface area contributed by atoms with Crippen molar-refractivity contribution in [2.45, 2.75) is 123 Å². The van der Waals surface area contributed by atoms with Gasteiger partial charge < -0.3 is 18.9 Å². The summed E-state index contributed by atoms with van der Waals surface area (Å²) in [6, 6.07) is 10.3. The van der Waals surface area contributed by atoms with Crippen LogP contribution in [0.4, 0.5) is 0 Å². The maximum atomic E-state index is 6.50. The first-order valence-corrected chi connectivity index (χ1v) is 11.9. The van der Waals surface area contributed by atoms with Gasteiger partial charge in [-0.2, -0.15) is 0 Å². The molecule has 0 heterocycles. The Morgan fingerprint density at radius 1 is 0.700 bits per heavy atom. The lowest BCUT2D eigenvalue weighted by Crippen LogP contribution is -2.61. The zero-order chi connectivity index (χ0) is 22.6. The predicted octanol–water partition coefficient (Wildman–Crippen LogP) is 7.21. The molecule has 0 fully saturated rings. The van der Waals surface area contributed by atoms with Gasteiger partial charge in [-0.25, -0.2) is 0 Å². The lowest BCUT2D eigenvalue weighted by molar-refractivity contribution is -0.473. The van der Waals surface area contributed by atoms with Gasteiger partial charge >= 0.3 is 5.97 Å². The molecule has 0 saturated carbocycles. The number of benzene rings is 1. The van der Waals surface area contributed by atoms with Gasteiger partial charge in [-0.3, -0.25) is 0 Å². The standard InChI is InChI=1S/C26H46O4/c1-9-10-11-12-13-17-20-25(27-8,24-18-15-14-16-19-24)26(28-21(2)3,29-22(4)5)30-23(6)7/h14-16,18-19,21-23H,9-13,17,20H2,1-8H3. The third-order valence-corrected chi connectivity index (χ3v) is 5.14. The van der Waals surface area contributed by atoms with Gasteiger partial charge in [0.25, 0.3) is 0 Å². The summed E-state index contributed by atoms with van der Waals surface area (Å²) in [7, 11) is 1.75. The monoisotopic (exact) mass is 422 g/mol. The molecule has 0 aliphatic heterocycles. The van der Waals surface area contributed by atoms with Crippen LogP contribution in [0.15, 0.2) is 30.3 Å². The molecule has 0 aromatic heterocycles. The maximum Gasteiger partial charge on any atom is 0.319 e. The minimum Gasteiger partial charge on any atom is -0.365 e. The summed E-state index contributed by atoms with van der Waals surface area (Å²) in [5.74, 6) is -1.34. The highest BCUT2D eigenvalue weighted by molar-refractivity contribution is 5.25. The Balaban J connectivity index is 3.42. The second-order valence-corrected chi connectivity index (χ2v) is 8.97. The lowest BCUT2D eigenvalue weighted by atomic mass is 9.84. The summed E-state index contributed by atoms with van der Waals surface area (Å²) in [6.07, 6.45) is 7.70. The Kier molecular flexibility index (Phi) is 12.2. The van der Waals surface area contributed by atoms with E-state index in [1.54, 1.807) is 7.11 Å². The molecule has 0 aliphatic carbocycles. The molecule has 1 rings (SSSR count). The largest absolute Gasteiger partial charge is 0.365 e. The van der Waals surface area contributed by atoms with Crippen molar-refractivity contribution in [1.82, 2.24) is 0 Å². The second kappa shape index (κ2) is 13.5. The number of hydrogen-bond donors (Lipinski definition) is 0. The van der Waals surface area contributed by atoms with E-state index in [0.29, 0.717) is 0 Å². The molecule has 1 unspecified atom stereocenters. The number of hydrogen-bond acceptors (Lipinski definition) is 4. The lowest BCUT2D eigenvalue weighted by Gasteiger charge is -2.50. The minimum absolute atomic E-state index is 0.0923. The first kappa shape index (κ1) is 27.1. The summed E-state index contributed by atoms with van der Waals surface area (Å²) >= 11 is 0. The van der Waals surface area contributed by atoms with Crippen molar-refractivity contribution in [1.29, 1.82) is 0 Å². The van der Waals surface area contributed by atoms with Crippen molar-refractivity contribution >= 4 is 0 Å². The van der Waals surface area contributed by atoms with Crippen molar-refractivity contribution in [3.63, 3.8) is 0 Å². The van der Waals surface area contributed by atoms with Crippen LogP contribution < -0.4 is 0 Å². The molecular formula is C26H46O4. The van der Waals surface area contributed by atoms with Crippen LogP contribution in [0.2, 0.25) is 0 Å². The summed E-state index contributed by atoms with van der Waals surface area (Å²) in [5.41, 5.74) is 0.140. The molecule has 4 nitrogen and oxygen atoms in total. The Morgan fingerprint density at radius 2 is 1.17 bits per heavy atom. The van der Waals surface area contributed by atoms with Crippen molar-refractivity contribution in [3.05, 3.63) is 35.9 Å². The van der Waals surface area contributed by atoms with E-state index in [1.165, 1.54) is 25.7 Å². The number of methoxy groups -OCH3 is 1. The van der Waals surface area contributed by atoms with E-state index in [-0.39, 0.29) is 18.3 Å². The summed E-state index contributed by atoms with van der Waals surface area (Å²) < 4.78 is 25.8. The van der Waals surface area contributed by atoms with Crippen molar-refractivity contribution in [3.8, 4) is 0 Å². The van der Waals surface area contributed by atoms with Crippen LogP contribution in [0.25, 0.3) is 0 Å². The fourth-order valence-corrected chi connectivity index (χ4v) is 3.98. The second-order valence-electron chi connectivity index (χ2n) is 8.97. The molecule has 1 aromatic rings. The van der Waals surface area contributed by atoms with Gasteiger partial charge in [0, 0.05) is 7.11 Å². The Labute approximate surface area is 185 Å². The summed E-state index contributed by atoms with van der Waals surface area (Å²) in [6.45, 7) is 14.3. The Bertz CT molecular complexity index is 529. The van der Waals surface area contributed by atoms with E-state index in [9.17, 15) is 0 Å². The topological polar surface area (TPSA) is 36.9 Å². The van der Waals surface area contributed by atoms with Crippen LogP contribution in [-0.4, -0.2) is 31.4 Å². The molecule has 0 spiro atoms. The van der Waals surface area contributed by atoms with E-state index >= 15 is 0 Å². The molecule has 30 heavy (non-hydrogen) atoms. The molecule has 0 amide bonds. The van der Waals surface area contributed by atoms with Gasteiger partial charge in [0.05, 0.1) is 18.3 Å². The first-order valence-electron chi connectivity index (χ1n) is 11.9. The minimum atomic E-state index is -1.34. The first-order chi connectivity index (χ1) is 14.2. The molecule has 0 aliphatic rings. The Morgan fingerprint density at radius 3 is 1.60 bits per heavy atom. The van der Waals surface area contributed by atoms with E-state index in [4.69, 9.17) is 18.9 Å². The van der Waals surface area contributed by atoms with E-state index in [2.05, 4.69) is 19.1 Å². The van der Waals surface area contributed by atoms with Crippen LogP contribution >= 0.6 is 0 Å². The highest BCUT2D eigenvalue weighted by Gasteiger charge is 2.58. The smallest absolute Gasteiger partial charge is 0.319 e. The van der Waals surface area contributed by atoms with Gasteiger partial charge in [-0.05, 0) is 59.9 Å². The van der Waals surface area contributed by atoms with Crippen molar-refractivity contribution in [2.24, 2.45) is 0 Å². The van der Waals surface area contributed by atoms with Gasteiger partial charge in [0.1, 0.15) is 0 Å². The molecule has 0 N–H and O–H groups in total. The van der Waals surface area contributed by atoms with Crippen LogP contribution in [0, 0.1) is 0 Å². The molecule has 0 bridgehead atoms. The quantitative estimate of drug-likeness (QED) is 0.208. The van der Waals surface area contributed by atoms with Gasteiger partial charge in [0.15, 0.2) is 5.60 Å². The molecule has 1 atom stereocenters. The predicted molar refractivity (Wildman–Crippen MR) is 125 cm³/mol. The normalized spacial score (nSPS) is 14.6. The average molecular weight is 423 g/mol. The van der Waals surface area contributed by atoms with Crippen LogP contribution in [0.1, 0.15) is 99.0 Å². The molecular weight excluding hydrogens is 376 g/mol. The summed E-state index contributed by atoms with van der Waals surface area (Å²) in [4.78, 5) is 0. The fourth-order valence-electron chi connectivity index (χ4n) is 3.98. The zero-order valence-electron chi connectivity index (χ0n) is 20.7. The third-order valence-electron chi connectivity index (χ3n) is 5.14. The molecule has 4 heteroatoms. The molecule has 174 valence electrons. The average Bonchev–Trinajstić information content (AvgIpc) is 2.66. The van der Waals surface area contributed by atoms with Gasteiger partial charge in [-0.1, -0.05) is 69.4 Å². The number of rotatable bonds is 16. The molecule has 1 aromatic carbocycles. The maximum absolute atomic E-state index is 6.50. The Hall–Kier alpha value is -0.940. The van der Waals surface area contributed by atoms with Gasteiger partial charge in [0.2, 0.25) is 0 Å². The van der Waals surface area contributed by atoms with E-state index in [0.717, 1.165) is 24.8 Å². The van der Waals surface area contributed by atoms with Crippen molar-refractivity contribution < 1.29 is 18.9 Å². The number of ether oxygens (including phenoxy) is 4. The van der Waals surface area contributed by atoms with E-state index < -0.39 is 11.6 Å². The molecule has 0 radical (unpaired) electrons. The van der Waals surface area contributed by atoms with Crippen LogP contribution in [-0.2, 0) is 24.5 Å². The fraction of sp³-hybridized carbons (Fsp3) is 0.769. The number of unbranched alkanes of at least 4 members (excludes halogenated alkanes) is 5. The van der Waals surface area contributed by atoms with E-state index in [1.807, 2.05) is 59.7 Å².